The number of allylic oxidation sites excluding steroid dienone is 2. The summed E-state index contributed by atoms with van der Waals surface area (Å²) in [7, 11) is 0. The monoisotopic (exact) mass is 360 g/mol. The molecule has 5 N–H and O–H groups in total. The molecule has 2 aromatic carbocycles. The normalized spacial score (nSPS) is 11.6. The molecule has 0 aliphatic rings. The number of carbonyl (C=O) groups is 1. The van der Waals surface area contributed by atoms with E-state index in [-0.39, 0.29) is 5.91 Å². The number of amides is 1. The number of hydrogen-bond donors (Lipinski definition) is 4. The van der Waals surface area contributed by atoms with Gasteiger partial charge in [-0.2, -0.15) is 0 Å². The first-order valence-corrected chi connectivity index (χ1v) is 8.68. The molecule has 0 unspecified atom stereocenters. The molecule has 1 amide bonds. The van der Waals surface area contributed by atoms with Crippen molar-refractivity contribution in [2.75, 3.05) is 17.6 Å². The van der Waals surface area contributed by atoms with Crippen LogP contribution in [-0.2, 0) is 4.79 Å². The molecule has 138 valence electrons. The molecule has 0 atom stereocenters. The third-order valence-corrected chi connectivity index (χ3v) is 3.65. The summed E-state index contributed by atoms with van der Waals surface area (Å²) in [6.07, 6.45) is 10.9. The fourth-order valence-electron chi connectivity index (χ4n) is 2.24. The molecule has 2 aromatic rings. The highest BCUT2D eigenvalue weighted by molar-refractivity contribution is 6.02. The van der Waals surface area contributed by atoms with Crippen LogP contribution in [0.25, 0.3) is 6.08 Å². The zero-order valence-electron chi connectivity index (χ0n) is 15.1. The van der Waals surface area contributed by atoms with Crippen LogP contribution in [0.1, 0.15) is 12.0 Å². The van der Waals surface area contributed by atoms with Crippen molar-refractivity contribution in [3.8, 4) is 0 Å². The van der Waals surface area contributed by atoms with Crippen molar-refractivity contribution < 1.29 is 4.79 Å². The van der Waals surface area contributed by atoms with E-state index in [1.165, 1.54) is 17.9 Å². The number of anilines is 2. The van der Waals surface area contributed by atoms with Crippen molar-refractivity contribution in [1.82, 2.24) is 5.32 Å². The minimum atomic E-state index is -0.300. The number of benzene rings is 2. The highest BCUT2D eigenvalue weighted by Gasteiger charge is 2.00. The molecule has 27 heavy (non-hydrogen) atoms. The Morgan fingerprint density at radius 1 is 1.04 bits per heavy atom. The first-order valence-electron chi connectivity index (χ1n) is 8.68. The van der Waals surface area contributed by atoms with E-state index in [0.717, 1.165) is 13.0 Å². The van der Waals surface area contributed by atoms with E-state index >= 15 is 0 Å². The Bertz CT molecular complexity index is 838. The highest BCUT2D eigenvalue weighted by atomic mass is 16.1. The van der Waals surface area contributed by atoms with Crippen LogP contribution in [0, 0.1) is 5.41 Å². The zero-order valence-corrected chi connectivity index (χ0v) is 15.1. The van der Waals surface area contributed by atoms with Gasteiger partial charge in [0.2, 0.25) is 5.91 Å². The summed E-state index contributed by atoms with van der Waals surface area (Å²) >= 11 is 0. The second-order valence-corrected chi connectivity index (χ2v) is 5.75. The first-order chi connectivity index (χ1) is 13.2. The van der Waals surface area contributed by atoms with E-state index < -0.39 is 0 Å². The van der Waals surface area contributed by atoms with Gasteiger partial charge >= 0.3 is 0 Å². The van der Waals surface area contributed by atoms with Crippen LogP contribution in [0.15, 0.2) is 84.6 Å². The topological polar surface area (TPSA) is 91.0 Å². The summed E-state index contributed by atoms with van der Waals surface area (Å²) in [6.45, 7) is 0.737. The van der Waals surface area contributed by atoms with Gasteiger partial charge in [0.25, 0.3) is 0 Å². The number of rotatable bonds is 9. The van der Waals surface area contributed by atoms with Crippen molar-refractivity contribution in [2.45, 2.75) is 6.42 Å². The first kappa shape index (κ1) is 19.7. The summed E-state index contributed by atoms with van der Waals surface area (Å²) in [6, 6.07) is 17.2. The zero-order chi connectivity index (χ0) is 19.3. The molecule has 0 spiro atoms. The van der Waals surface area contributed by atoms with Crippen LogP contribution in [0.4, 0.5) is 11.4 Å². The number of para-hydroxylation sites is 2. The van der Waals surface area contributed by atoms with Crippen molar-refractivity contribution in [2.24, 2.45) is 0 Å². The molecule has 0 bridgehead atoms. The molecule has 0 radical (unpaired) electrons. The summed E-state index contributed by atoms with van der Waals surface area (Å²) in [5, 5.41) is 13.3. The molecule has 0 heterocycles. The van der Waals surface area contributed by atoms with Gasteiger partial charge < -0.3 is 21.8 Å². The van der Waals surface area contributed by atoms with Gasteiger partial charge in [0, 0.05) is 30.6 Å². The molecule has 2 rings (SSSR count). The van der Waals surface area contributed by atoms with Gasteiger partial charge in [-0.25, -0.2) is 0 Å². The van der Waals surface area contributed by atoms with E-state index in [1.807, 2.05) is 18.2 Å². The van der Waals surface area contributed by atoms with Gasteiger partial charge in [-0.3, -0.25) is 4.79 Å². The maximum Gasteiger partial charge on any atom is 0.248 e. The van der Waals surface area contributed by atoms with E-state index in [1.54, 1.807) is 36.5 Å². The molecule has 0 aliphatic heterocycles. The Labute approximate surface area is 159 Å². The lowest BCUT2D eigenvalue weighted by molar-refractivity contribution is -0.111. The molecular weight excluding hydrogens is 336 g/mol. The van der Waals surface area contributed by atoms with Crippen molar-refractivity contribution in [1.29, 1.82) is 5.41 Å². The number of nitrogen functional groups attached to an aromatic ring is 1. The van der Waals surface area contributed by atoms with E-state index in [0.29, 0.717) is 16.9 Å². The van der Waals surface area contributed by atoms with Crippen molar-refractivity contribution in [3.05, 3.63) is 90.2 Å². The van der Waals surface area contributed by atoms with Gasteiger partial charge in [-0.15, -0.1) is 0 Å². The Balaban J connectivity index is 1.77. The Morgan fingerprint density at radius 3 is 2.52 bits per heavy atom. The molecule has 0 fully saturated rings. The Kier molecular flexibility index (Phi) is 8.11. The smallest absolute Gasteiger partial charge is 0.248 e. The average molecular weight is 360 g/mol. The molecule has 0 saturated heterocycles. The van der Waals surface area contributed by atoms with Crippen LogP contribution < -0.4 is 16.4 Å². The van der Waals surface area contributed by atoms with Crippen molar-refractivity contribution >= 4 is 29.6 Å². The summed E-state index contributed by atoms with van der Waals surface area (Å²) < 4.78 is 0. The van der Waals surface area contributed by atoms with Gasteiger partial charge in [0.15, 0.2) is 0 Å². The number of nitrogens with one attached hydrogen (secondary N) is 3. The fourth-order valence-corrected chi connectivity index (χ4v) is 2.24. The molecule has 5 heteroatoms. The molecule has 0 aromatic heterocycles. The lowest BCUT2D eigenvalue weighted by Crippen LogP contribution is -2.10. The maximum atomic E-state index is 11.9. The van der Waals surface area contributed by atoms with Gasteiger partial charge in [-0.1, -0.05) is 54.6 Å². The molecule has 5 nitrogen and oxygen atoms in total. The summed E-state index contributed by atoms with van der Waals surface area (Å²) in [4.78, 5) is 11.9. The van der Waals surface area contributed by atoms with Crippen LogP contribution in [-0.4, -0.2) is 18.7 Å². The largest absolute Gasteiger partial charge is 0.397 e. The van der Waals surface area contributed by atoms with E-state index in [4.69, 9.17) is 11.1 Å². The van der Waals surface area contributed by atoms with Gasteiger partial charge in [0.1, 0.15) is 0 Å². The predicted molar refractivity (Wildman–Crippen MR) is 114 cm³/mol. The second kappa shape index (κ2) is 11.1. The third-order valence-electron chi connectivity index (χ3n) is 3.65. The SMILES string of the molecule is N=CC(=C\NCC/C=C/c1ccccc1)/C=C/C(=O)Nc1ccccc1N. The second-order valence-electron chi connectivity index (χ2n) is 5.75. The minimum Gasteiger partial charge on any atom is -0.397 e. The standard InChI is InChI=1S/C22H24N4O/c23-16-19(13-14-22(27)26-21-12-5-4-11-20(21)24)17-25-15-7-6-10-18-8-2-1-3-9-18/h1-6,8-14,16-17,23,25H,7,15,24H2,(H,26,27)/b10-6+,14-13+,19-17-,23-16?. The maximum absolute atomic E-state index is 11.9. The number of carbonyl (C=O) groups excluding carboxylic acids is 1. The minimum absolute atomic E-state index is 0.300. The lowest BCUT2D eigenvalue weighted by Gasteiger charge is -2.05. The lowest BCUT2D eigenvalue weighted by atomic mass is 10.2. The average Bonchev–Trinajstić information content (AvgIpc) is 2.69. The third kappa shape index (κ3) is 7.44. The van der Waals surface area contributed by atoms with Crippen LogP contribution in [0.5, 0.6) is 0 Å². The van der Waals surface area contributed by atoms with E-state index in [9.17, 15) is 4.79 Å². The molecular formula is C22H24N4O. The van der Waals surface area contributed by atoms with Crippen molar-refractivity contribution in [3.63, 3.8) is 0 Å². The van der Waals surface area contributed by atoms with Gasteiger partial charge in [0.05, 0.1) is 11.4 Å². The van der Waals surface area contributed by atoms with Crippen LogP contribution in [0.2, 0.25) is 0 Å². The van der Waals surface area contributed by atoms with Crippen LogP contribution >= 0.6 is 0 Å². The number of hydrogen-bond acceptors (Lipinski definition) is 4. The number of nitrogens with two attached hydrogens (primary N) is 1. The van der Waals surface area contributed by atoms with Gasteiger partial charge in [-0.05, 0) is 30.2 Å². The highest BCUT2D eigenvalue weighted by Crippen LogP contribution is 2.16. The molecule has 0 aliphatic carbocycles. The summed E-state index contributed by atoms with van der Waals surface area (Å²) in [5.41, 5.74) is 8.63. The van der Waals surface area contributed by atoms with E-state index in [2.05, 4.69) is 34.9 Å². The Morgan fingerprint density at radius 2 is 1.78 bits per heavy atom. The Hall–Kier alpha value is -3.60. The summed E-state index contributed by atoms with van der Waals surface area (Å²) in [5.74, 6) is -0.300. The predicted octanol–water partition coefficient (Wildman–Crippen LogP) is 3.99. The fraction of sp³-hybridized carbons (Fsp3) is 0.0909. The molecule has 0 saturated carbocycles. The quantitative estimate of drug-likeness (QED) is 0.179. The van der Waals surface area contributed by atoms with Crippen LogP contribution in [0.3, 0.4) is 0 Å².